The third kappa shape index (κ3) is 8.04. The van der Waals surface area contributed by atoms with Crippen LogP contribution < -0.4 is 0 Å². The maximum Gasteiger partial charge on any atom is 0.305 e. The lowest BCUT2D eigenvalue weighted by atomic mass is 9.60. The van der Waals surface area contributed by atoms with E-state index in [4.69, 9.17) is 18.9 Å². The molecule has 4 rings (SSSR count). The van der Waals surface area contributed by atoms with Crippen molar-refractivity contribution in [1.82, 2.24) is 4.98 Å². The first-order valence-electron chi connectivity index (χ1n) is 17.5. The van der Waals surface area contributed by atoms with Gasteiger partial charge in [0.1, 0.15) is 41.8 Å². The van der Waals surface area contributed by atoms with E-state index in [0.29, 0.717) is 31.9 Å². The zero-order chi connectivity index (χ0) is 38.6. The van der Waals surface area contributed by atoms with Gasteiger partial charge in [0.05, 0.1) is 11.8 Å². The summed E-state index contributed by atoms with van der Waals surface area (Å²) in [6.07, 6.45) is 2.61. The van der Waals surface area contributed by atoms with Gasteiger partial charge < -0.3 is 39.4 Å². The smallest absolute Gasteiger partial charge is 0.305 e. The van der Waals surface area contributed by atoms with Crippen molar-refractivity contribution in [1.29, 1.82) is 0 Å². The quantitative estimate of drug-likeness (QED) is 0.197. The van der Waals surface area contributed by atoms with Crippen LogP contribution >= 0.6 is 11.3 Å². The van der Waals surface area contributed by atoms with E-state index in [0.717, 1.165) is 64.2 Å². The Kier molecular flexibility index (Phi) is 13.2. The maximum absolute atomic E-state index is 12.9. The molecule has 0 spiro atoms. The highest BCUT2D eigenvalue weighted by atomic mass is 32.1. The summed E-state index contributed by atoms with van der Waals surface area (Å²) in [6, 6.07) is 0. The molecule has 3 aliphatic rings. The summed E-state index contributed by atoms with van der Waals surface area (Å²) < 4.78 is 22.9. The lowest BCUT2D eigenvalue weighted by Crippen LogP contribution is -2.87. The summed E-state index contributed by atoms with van der Waals surface area (Å²) in [5.41, 5.74) is -10.5. The molecule has 16 heteroatoms. The fourth-order valence-electron chi connectivity index (χ4n) is 7.09. The Balaban J connectivity index is 1.54. The number of aliphatic hydroxyl groups is 4. The van der Waals surface area contributed by atoms with Gasteiger partial charge in [-0.2, -0.15) is 0 Å². The molecule has 15 nitrogen and oxygen atoms in total. The number of carbonyl (C=O) groups is 6. The van der Waals surface area contributed by atoms with Gasteiger partial charge in [0.25, 0.3) is 0 Å². The highest BCUT2D eigenvalue weighted by Gasteiger charge is 2.79. The van der Waals surface area contributed by atoms with Gasteiger partial charge in [-0.15, -0.1) is 11.3 Å². The van der Waals surface area contributed by atoms with Crippen LogP contribution in [-0.4, -0.2) is 114 Å². The van der Waals surface area contributed by atoms with Crippen molar-refractivity contribution in [3.8, 4) is 0 Å². The highest BCUT2D eigenvalue weighted by Crippen LogP contribution is 2.49. The molecule has 288 valence electrons. The standard InChI is InChI=1S/C36H49NO14S/c1-20(38)30(44)31-34(45,21(2)39)36(47,23(4)41)35(46,22(3)40)32(50-31)49-18-28-37-25(19-52-28)16-15-24-17-48-29(43)14-10-12-26(42)11-8-6-7-9-13-27-33(24,5)51-27/h15-16,19,24,27,30-32,44-47H,6-14,17-18H2,1-5H3/t24?,27?,30?,31-,32+,33?,34-,35+,36+/m1/s1. The fourth-order valence-corrected chi connectivity index (χ4v) is 7.77. The Hall–Kier alpha value is -3.09. The number of thiazole rings is 1. The number of ketones is 5. The van der Waals surface area contributed by atoms with Gasteiger partial charge in [0.2, 0.25) is 11.2 Å². The highest BCUT2D eigenvalue weighted by molar-refractivity contribution is 7.09. The average Bonchev–Trinajstić information content (AvgIpc) is 3.51. The second-order valence-corrected chi connectivity index (χ2v) is 15.1. The van der Waals surface area contributed by atoms with E-state index in [1.54, 1.807) is 11.5 Å². The van der Waals surface area contributed by atoms with E-state index >= 15 is 0 Å². The summed E-state index contributed by atoms with van der Waals surface area (Å²) in [4.78, 5) is 79.9. The topological polar surface area (TPSA) is 236 Å². The number of hydrogen-bond donors (Lipinski definition) is 4. The fraction of sp³-hybridized carbons (Fsp3) is 0.694. The third-order valence-electron chi connectivity index (χ3n) is 10.5. The van der Waals surface area contributed by atoms with Crippen molar-refractivity contribution in [2.24, 2.45) is 5.92 Å². The van der Waals surface area contributed by atoms with Crippen molar-refractivity contribution in [2.75, 3.05) is 6.61 Å². The monoisotopic (exact) mass is 751 g/mol. The number of fused-ring (bicyclic) bond motifs is 1. The number of rotatable bonds is 10. The third-order valence-corrected chi connectivity index (χ3v) is 11.3. The van der Waals surface area contributed by atoms with Crippen LogP contribution in [0.15, 0.2) is 11.5 Å². The van der Waals surface area contributed by atoms with Crippen LogP contribution in [-0.2, 0) is 54.3 Å². The Morgan fingerprint density at radius 1 is 0.962 bits per heavy atom. The van der Waals surface area contributed by atoms with Gasteiger partial charge in [0, 0.05) is 30.6 Å². The zero-order valence-electron chi connectivity index (χ0n) is 30.1. The Morgan fingerprint density at radius 3 is 2.25 bits per heavy atom. The van der Waals surface area contributed by atoms with Gasteiger partial charge in [-0.05, 0) is 60.0 Å². The minimum absolute atomic E-state index is 0.0371. The minimum Gasteiger partial charge on any atom is -0.465 e. The van der Waals surface area contributed by atoms with Crippen LogP contribution in [0.25, 0.3) is 6.08 Å². The zero-order valence-corrected chi connectivity index (χ0v) is 30.9. The number of aromatic nitrogens is 1. The lowest BCUT2D eigenvalue weighted by molar-refractivity contribution is -0.374. The van der Waals surface area contributed by atoms with Crippen molar-refractivity contribution in [2.45, 2.75) is 146 Å². The Labute approximate surface area is 305 Å². The molecule has 4 heterocycles. The number of aliphatic hydroxyl groups excluding tert-OH is 1. The second-order valence-electron chi connectivity index (χ2n) is 14.1. The summed E-state index contributed by atoms with van der Waals surface area (Å²) in [5.74, 6) is -5.70. The molecule has 4 N–H and O–H groups in total. The van der Waals surface area contributed by atoms with Crippen LogP contribution in [0.1, 0.15) is 103 Å². The van der Waals surface area contributed by atoms with E-state index in [-0.39, 0.29) is 35.8 Å². The van der Waals surface area contributed by atoms with E-state index in [2.05, 4.69) is 4.98 Å². The van der Waals surface area contributed by atoms with Gasteiger partial charge in [-0.25, -0.2) is 4.98 Å². The molecule has 3 fully saturated rings. The largest absolute Gasteiger partial charge is 0.465 e. The number of hydrogen-bond acceptors (Lipinski definition) is 16. The normalized spacial score (nSPS) is 35.7. The molecular weight excluding hydrogens is 702 g/mol. The molecular formula is C36H49NO14S. The van der Waals surface area contributed by atoms with E-state index in [1.165, 1.54) is 0 Å². The van der Waals surface area contributed by atoms with Crippen LogP contribution in [0.2, 0.25) is 0 Å². The van der Waals surface area contributed by atoms with Crippen LogP contribution in [0.3, 0.4) is 0 Å². The number of nitrogens with zero attached hydrogens (tertiary/aromatic N) is 1. The van der Waals surface area contributed by atoms with Crippen LogP contribution in [0, 0.1) is 5.92 Å². The number of Topliss-reactive ketones (excluding diaryl/α,β-unsaturated/α-hetero) is 5. The number of epoxide rings is 1. The number of ether oxygens (including phenoxy) is 4. The number of esters is 1. The Morgan fingerprint density at radius 2 is 1.62 bits per heavy atom. The SMILES string of the molecule is CC(=O)C(O)[C@H]1O[C@H](OCc2nc(C=CC3COC(=O)CCCC(=O)CCCCCCC4OC34C)cs2)[C@@](O)(C(C)=O)[C@](O)(C(C)=O)[C@@]1(O)C(C)=O. The van der Waals surface area contributed by atoms with Crippen molar-refractivity contribution < 1.29 is 68.1 Å². The van der Waals surface area contributed by atoms with Crippen LogP contribution in [0.5, 0.6) is 0 Å². The summed E-state index contributed by atoms with van der Waals surface area (Å²) >= 11 is 1.10. The van der Waals surface area contributed by atoms with Gasteiger partial charge in [0.15, 0.2) is 35.0 Å². The van der Waals surface area contributed by atoms with Crippen molar-refractivity contribution in [3.63, 3.8) is 0 Å². The molecule has 0 radical (unpaired) electrons. The molecule has 9 atom stereocenters. The van der Waals surface area contributed by atoms with E-state index in [1.807, 2.05) is 13.0 Å². The molecule has 3 saturated heterocycles. The summed E-state index contributed by atoms with van der Waals surface area (Å²) in [7, 11) is 0. The Bertz CT molecular complexity index is 1570. The molecule has 0 bridgehead atoms. The molecule has 0 aromatic carbocycles. The molecule has 0 aliphatic carbocycles. The minimum atomic E-state index is -3.61. The average molecular weight is 752 g/mol. The molecule has 0 amide bonds. The predicted octanol–water partition coefficient (Wildman–Crippen LogP) is 1.72. The van der Waals surface area contributed by atoms with Gasteiger partial charge in [-0.1, -0.05) is 25.3 Å². The predicted molar refractivity (Wildman–Crippen MR) is 182 cm³/mol. The van der Waals surface area contributed by atoms with Crippen LogP contribution in [0.4, 0.5) is 0 Å². The number of carbonyl (C=O) groups excluding carboxylic acids is 6. The maximum atomic E-state index is 12.9. The molecule has 0 saturated carbocycles. The number of cyclic esters (lactones) is 1. The first kappa shape index (κ1) is 41.7. The van der Waals surface area contributed by atoms with E-state index < -0.39 is 76.6 Å². The second kappa shape index (κ2) is 16.5. The summed E-state index contributed by atoms with van der Waals surface area (Å²) in [6.45, 7) is 4.67. The molecule has 3 aliphatic heterocycles. The molecule has 52 heavy (non-hydrogen) atoms. The van der Waals surface area contributed by atoms with Gasteiger partial charge in [-0.3, -0.25) is 28.8 Å². The van der Waals surface area contributed by atoms with Gasteiger partial charge >= 0.3 is 5.97 Å². The molecule has 4 unspecified atom stereocenters. The first-order valence-corrected chi connectivity index (χ1v) is 18.4. The van der Waals surface area contributed by atoms with Crippen molar-refractivity contribution in [3.05, 3.63) is 22.2 Å². The summed E-state index contributed by atoms with van der Waals surface area (Å²) in [5, 5.41) is 47.4. The molecule has 1 aromatic heterocycles. The van der Waals surface area contributed by atoms with Crippen molar-refractivity contribution >= 4 is 52.3 Å². The first-order chi connectivity index (χ1) is 24.3. The molecule has 1 aromatic rings. The lowest BCUT2D eigenvalue weighted by Gasteiger charge is -2.57. The van der Waals surface area contributed by atoms with E-state index in [9.17, 15) is 49.2 Å².